The van der Waals surface area contributed by atoms with E-state index in [4.69, 9.17) is 0 Å². The maximum atomic E-state index is 4.19. The Bertz CT molecular complexity index is 364. The third-order valence-corrected chi connectivity index (χ3v) is 4.31. The molecule has 2 saturated heterocycles. The number of fused-ring (bicyclic) bond motifs is 1. The van der Waals surface area contributed by atoms with Crippen LogP contribution in [0.1, 0.15) is 130 Å². The Kier molecular flexibility index (Phi) is 40.8. The van der Waals surface area contributed by atoms with Gasteiger partial charge in [-0.05, 0) is 20.8 Å². The van der Waals surface area contributed by atoms with Gasteiger partial charge in [0.05, 0.1) is 11.6 Å². The molecule has 0 aromatic rings. The predicted octanol–water partition coefficient (Wildman–Crippen LogP) is 8.88. The minimum Gasteiger partial charge on any atom is -0.349 e. The van der Waals surface area contributed by atoms with Crippen molar-refractivity contribution in [2.75, 3.05) is 19.6 Å². The van der Waals surface area contributed by atoms with Crippen molar-refractivity contribution < 1.29 is 0 Å². The third-order valence-electron chi connectivity index (χ3n) is 4.31. The topological polar surface area (TPSA) is 21.8 Å². The van der Waals surface area contributed by atoms with Gasteiger partial charge in [-0.2, -0.15) is 0 Å². The minimum atomic E-state index is 0.310. The summed E-state index contributed by atoms with van der Waals surface area (Å²) in [6.07, 6.45) is 5.99. The summed E-state index contributed by atoms with van der Waals surface area (Å²) in [6.45, 7) is 42.4. The molecule has 2 fully saturated rings. The quantitative estimate of drug-likeness (QED) is 0.444. The lowest BCUT2D eigenvalue weighted by atomic mass is 10.3. The molecule has 1 N–H and O–H groups in total. The maximum absolute atomic E-state index is 4.19. The van der Waals surface area contributed by atoms with Gasteiger partial charge in [0, 0.05) is 19.6 Å². The molecule has 2 unspecified atom stereocenters. The number of unbranched alkanes of at least 4 members (excludes halogenated alkanes) is 2. The molecule has 0 saturated carbocycles. The fourth-order valence-electron chi connectivity index (χ4n) is 3.19. The van der Waals surface area contributed by atoms with E-state index in [2.05, 4.69) is 81.6 Å². The van der Waals surface area contributed by atoms with E-state index >= 15 is 0 Å². The van der Waals surface area contributed by atoms with Crippen LogP contribution in [0.3, 0.4) is 0 Å². The first kappa shape index (κ1) is 41.0. The molecule has 0 spiro atoms. The molecular weight excluding hydrogens is 392 g/mol. The van der Waals surface area contributed by atoms with Gasteiger partial charge in [-0.3, -0.25) is 0 Å². The van der Waals surface area contributed by atoms with Crippen molar-refractivity contribution in [3.05, 3.63) is 24.8 Å². The molecule has 32 heavy (non-hydrogen) atoms. The van der Waals surface area contributed by atoms with E-state index in [0.717, 1.165) is 31.3 Å². The fourth-order valence-corrected chi connectivity index (χ4v) is 3.19. The Hall–Kier alpha value is -1.32. The highest BCUT2D eigenvalue weighted by molar-refractivity contribution is 5.18. The first-order valence-electron chi connectivity index (χ1n) is 13.9. The van der Waals surface area contributed by atoms with Gasteiger partial charge in [-0.15, -0.1) is 0 Å². The van der Waals surface area contributed by atoms with E-state index < -0.39 is 0 Å². The molecular formula is C28H66N4. The van der Waals surface area contributed by atoms with E-state index in [9.17, 15) is 0 Å². The van der Waals surface area contributed by atoms with Gasteiger partial charge < -0.3 is 20.0 Å². The van der Waals surface area contributed by atoms with Gasteiger partial charge in [-0.25, -0.2) is 0 Å². The molecule has 198 valence electrons. The average molecular weight is 459 g/mol. The second-order valence-electron chi connectivity index (χ2n) is 6.28. The smallest absolute Gasteiger partial charge is 0.144 e. The minimum absolute atomic E-state index is 0.310. The monoisotopic (exact) mass is 459 g/mol. The van der Waals surface area contributed by atoms with E-state index in [-0.39, 0.29) is 0 Å². The molecule has 0 aromatic carbocycles. The molecule has 4 nitrogen and oxygen atoms in total. The lowest BCUT2D eigenvalue weighted by Gasteiger charge is -2.31. The molecule has 2 rings (SSSR count). The van der Waals surface area contributed by atoms with Crippen LogP contribution in [-0.2, 0) is 0 Å². The predicted molar refractivity (Wildman–Crippen MR) is 153 cm³/mol. The molecule has 2 aliphatic heterocycles. The molecule has 0 bridgehead atoms. The van der Waals surface area contributed by atoms with Crippen LogP contribution >= 0.6 is 0 Å². The highest BCUT2D eigenvalue weighted by atomic mass is 15.6. The zero-order valence-electron chi connectivity index (χ0n) is 25.4. The third kappa shape index (κ3) is 14.7. The molecule has 0 amide bonds. The van der Waals surface area contributed by atoms with Crippen molar-refractivity contribution in [2.45, 2.75) is 142 Å². The van der Waals surface area contributed by atoms with Crippen molar-refractivity contribution >= 4 is 0 Å². The van der Waals surface area contributed by atoms with Crippen LogP contribution in [0.4, 0.5) is 0 Å². The van der Waals surface area contributed by atoms with Crippen molar-refractivity contribution in [2.24, 2.45) is 0 Å². The van der Waals surface area contributed by atoms with Crippen molar-refractivity contribution in [3.8, 4) is 0 Å². The normalized spacial score (nSPS) is 17.0. The first-order valence-corrected chi connectivity index (χ1v) is 13.9. The Morgan fingerprint density at radius 2 is 0.969 bits per heavy atom. The zero-order chi connectivity index (χ0) is 26.7. The second kappa shape index (κ2) is 31.9. The van der Waals surface area contributed by atoms with Crippen molar-refractivity contribution in [1.29, 1.82) is 0 Å². The van der Waals surface area contributed by atoms with Gasteiger partial charge in [0.25, 0.3) is 0 Å². The summed E-state index contributed by atoms with van der Waals surface area (Å²) in [7, 11) is 0. The number of rotatable bonds is 5. The Morgan fingerprint density at radius 1 is 0.625 bits per heavy atom. The van der Waals surface area contributed by atoms with E-state index in [0.29, 0.717) is 12.3 Å². The molecule has 4 heteroatoms. The Labute approximate surface area is 206 Å². The van der Waals surface area contributed by atoms with Crippen LogP contribution < -0.4 is 5.32 Å². The summed E-state index contributed by atoms with van der Waals surface area (Å²) < 4.78 is 0. The molecule has 0 aromatic heterocycles. The highest BCUT2D eigenvalue weighted by Gasteiger charge is 2.48. The molecule has 0 aliphatic carbocycles. The number of nitrogens with zero attached hydrogens (tertiary/aromatic N) is 3. The second-order valence-corrected chi connectivity index (χ2v) is 6.28. The van der Waals surface area contributed by atoms with Gasteiger partial charge in [0.15, 0.2) is 0 Å². The Balaban J connectivity index is -0.000000127. The summed E-state index contributed by atoms with van der Waals surface area (Å²) >= 11 is 0. The standard InChI is InChI=1S/C12H22N4.C5H12.C3H8.4C2H6/c1-6-14-9(4)13-11-12(14)16(8-3)10(5)15(11)7-2;1-3-5-4-2;1-3-2;4*1-2/h11-13H,4-8H2,1-3H3;3-5H2,1-2H3;3H2,1-2H3;4*1-2H3. The average Bonchev–Trinajstić information content (AvgIpc) is 3.30. The summed E-state index contributed by atoms with van der Waals surface area (Å²) in [5.41, 5.74) is 0. The van der Waals surface area contributed by atoms with E-state index in [1.54, 1.807) is 0 Å². The van der Waals surface area contributed by atoms with Crippen LogP contribution in [0, 0.1) is 0 Å². The summed E-state index contributed by atoms with van der Waals surface area (Å²) in [5.74, 6) is 2.15. The van der Waals surface area contributed by atoms with E-state index in [1.165, 1.54) is 25.7 Å². The molecule has 0 radical (unpaired) electrons. The number of hydrogen-bond donors (Lipinski definition) is 1. The Morgan fingerprint density at radius 3 is 1.22 bits per heavy atom. The largest absolute Gasteiger partial charge is 0.349 e. The van der Waals surface area contributed by atoms with Crippen LogP contribution in [0.5, 0.6) is 0 Å². The highest BCUT2D eigenvalue weighted by Crippen LogP contribution is 2.34. The summed E-state index contributed by atoms with van der Waals surface area (Å²) in [4.78, 5) is 6.98. The zero-order valence-corrected chi connectivity index (χ0v) is 25.4. The van der Waals surface area contributed by atoms with E-state index in [1.807, 2.05) is 55.4 Å². The molecule has 2 heterocycles. The van der Waals surface area contributed by atoms with Crippen LogP contribution in [0.15, 0.2) is 24.8 Å². The van der Waals surface area contributed by atoms with Gasteiger partial charge in [0.1, 0.15) is 12.3 Å². The van der Waals surface area contributed by atoms with Crippen LogP contribution in [-0.4, -0.2) is 46.7 Å². The summed E-state index contributed by atoms with van der Waals surface area (Å²) in [6, 6.07) is 0. The number of likely N-dealkylation sites (N-methyl/N-ethyl adjacent to an activating group) is 3. The number of hydrogen-bond acceptors (Lipinski definition) is 4. The maximum Gasteiger partial charge on any atom is 0.144 e. The number of nitrogens with one attached hydrogen (secondary N) is 1. The van der Waals surface area contributed by atoms with Crippen LogP contribution in [0.2, 0.25) is 0 Å². The van der Waals surface area contributed by atoms with Gasteiger partial charge in [-0.1, -0.05) is 122 Å². The summed E-state index contributed by atoms with van der Waals surface area (Å²) in [5, 5.41) is 3.47. The van der Waals surface area contributed by atoms with Gasteiger partial charge >= 0.3 is 0 Å². The van der Waals surface area contributed by atoms with Gasteiger partial charge in [0.2, 0.25) is 0 Å². The molecule has 2 aliphatic rings. The van der Waals surface area contributed by atoms with Crippen LogP contribution in [0.25, 0.3) is 0 Å². The first-order chi connectivity index (χ1) is 15.5. The lowest BCUT2D eigenvalue weighted by Crippen LogP contribution is -2.44. The fraction of sp³-hybridized carbons (Fsp3) is 0.857. The SMILES string of the molecule is C=C1NC2C(N1CC)N(CC)C(=C)N2CC.CC.CC.CC.CC.CCC.CCCCC. The molecule has 2 atom stereocenters. The van der Waals surface area contributed by atoms with Crippen molar-refractivity contribution in [1.82, 2.24) is 20.0 Å². The van der Waals surface area contributed by atoms with Crippen molar-refractivity contribution in [3.63, 3.8) is 0 Å². The lowest BCUT2D eigenvalue weighted by molar-refractivity contribution is 0.151.